The van der Waals surface area contributed by atoms with Crippen LogP contribution in [0.5, 0.6) is 0 Å². The molecule has 1 aliphatic heterocycles. The molecular weight excluding hydrogens is 354 g/mol. The van der Waals surface area contributed by atoms with Crippen molar-refractivity contribution in [3.05, 3.63) is 53.5 Å². The minimum atomic E-state index is 0.448. The molecule has 2 aromatic rings. The van der Waals surface area contributed by atoms with Crippen molar-refractivity contribution in [2.45, 2.75) is 59.2 Å². The molecule has 2 N–H and O–H groups in total. The van der Waals surface area contributed by atoms with Gasteiger partial charge in [0, 0.05) is 24.6 Å². The van der Waals surface area contributed by atoms with E-state index in [2.05, 4.69) is 56.1 Å². The van der Waals surface area contributed by atoms with Crippen molar-refractivity contribution < 1.29 is 9.32 Å². The molecule has 0 unspecified atom stereocenters. The first-order valence-electron chi connectivity index (χ1n) is 9.96. The fourth-order valence-corrected chi connectivity index (χ4v) is 4.26. The number of benzene rings is 1. The monoisotopic (exact) mass is 386 g/mol. The van der Waals surface area contributed by atoms with Gasteiger partial charge in [-0.05, 0) is 63.7 Å². The van der Waals surface area contributed by atoms with Gasteiger partial charge in [-0.1, -0.05) is 17.7 Å². The van der Waals surface area contributed by atoms with E-state index in [-0.39, 0.29) is 0 Å². The number of anilines is 1. The van der Waals surface area contributed by atoms with Crippen LogP contribution < -0.4 is 10.2 Å². The van der Waals surface area contributed by atoms with Gasteiger partial charge in [0.25, 0.3) is 0 Å². The van der Waals surface area contributed by atoms with E-state index in [0.29, 0.717) is 18.6 Å². The third kappa shape index (κ3) is 5.11. The molecule has 0 amide bonds. The Labute approximate surface area is 168 Å². The van der Waals surface area contributed by atoms with Gasteiger partial charge in [-0.25, -0.2) is 0 Å². The summed E-state index contributed by atoms with van der Waals surface area (Å²) in [5.41, 5.74) is 3.56. The van der Waals surface area contributed by atoms with Gasteiger partial charge < -0.3 is 19.5 Å². The van der Waals surface area contributed by atoms with Gasteiger partial charge in [0.2, 0.25) is 0 Å². The minimum Gasteiger partial charge on any atom is -0.467 e. The molecule has 2 heterocycles. The second-order valence-corrected chi connectivity index (χ2v) is 8.39. The topological polar surface area (TPSA) is 32.9 Å². The van der Waals surface area contributed by atoms with E-state index in [1.807, 2.05) is 12.1 Å². The summed E-state index contributed by atoms with van der Waals surface area (Å²) in [6, 6.07) is 11.5. The lowest BCUT2D eigenvalue weighted by Gasteiger charge is -2.39. The van der Waals surface area contributed by atoms with E-state index in [1.165, 1.54) is 24.2 Å². The van der Waals surface area contributed by atoms with Gasteiger partial charge in [-0.15, -0.1) is 0 Å². The summed E-state index contributed by atoms with van der Waals surface area (Å²) in [7, 11) is 0. The highest BCUT2D eigenvalue weighted by Crippen LogP contribution is 2.20. The number of aryl methyl sites for hydroxylation is 2. The van der Waals surface area contributed by atoms with E-state index in [1.54, 1.807) is 11.2 Å². The number of likely N-dealkylation sites (tertiary alicyclic amines) is 1. The van der Waals surface area contributed by atoms with Crippen molar-refractivity contribution in [3.8, 4) is 0 Å². The normalized spacial score (nSPS) is 19.9. The number of nitrogens with one attached hydrogen (secondary N) is 2. The van der Waals surface area contributed by atoms with Crippen LogP contribution in [0.4, 0.5) is 5.69 Å². The quantitative estimate of drug-likeness (QED) is 0.770. The molecule has 1 aromatic carbocycles. The minimum absolute atomic E-state index is 0.448. The number of nitrogens with zero attached hydrogens (tertiary/aromatic N) is 1. The Morgan fingerprint density at radius 2 is 2.00 bits per heavy atom. The number of hydrogen-bond acceptors (Lipinski definition) is 2. The van der Waals surface area contributed by atoms with Crippen LogP contribution >= 0.6 is 12.2 Å². The highest BCUT2D eigenvalue weighted by molar-refractivity contribution is 7.80. The Kier molecular flexibility index (Phi) is 6.55. The molecule has 5 heteroatoms. The molecular formula is C22H32N3OS+. The lowest BCUT2D eigenvalue weighted by molar-refractivity contribution is -0.926. The number of furan rings is 1. The van der Waals surface area contributed by atoms with Crippen LogP contribution in [0, 0.1) is 13.8 Å². The number of hydrogen-bond donors (Lipinski definition) is 2. The zero-order valence-corrected chi connectivity index (χ0v) is 17.7. The molecule has 3 rings (SSSR count). The van der Waals surface area contributed by atoms with Gasteiger partial charge in [-0.3, -0.25) is 0 Å². The maximum absolute atomic E-state index is 5.85. The Hall–Kier alpha value is -1.85. The third-order valence-electron chi connectivity index (χ3n) is 5.65. The number of rotatable bonds is 5. The molecule has 0 bridgehead atoms. The molecule has 0 spiro atoms. The summed E-state index contributed by atoms with van der Waals surface area (Å²) in [6.07, 6.45) is 4.05. The Bertz CT molecular complexity index is 749. The van der Waals surface area contributed by atoms with Crippen molar-refractivity contribution in [1.29, 1.82) is 0 Å². The molecule has 0 atom stereocenters. The zero-order valence-electron chi connectivity index (χ0n) is 16.9. The van der Waals surface area contributed by atoms with Crippen LogP contribution in [0.15, 0.2) is 41.0 Å². The fraction of sp³-hybridized carbons (Fsp3) is 0.500. The number of piperidine rings is 1. The fourth-order valence-electron chi connectivity index (χ4n) is 3.94. The molecule has 4 nitrogen and oxygen atoms in total. The predicted octanol–water partition coefficient (Wildman–Crippen LogP) is 3.55. The van der Waals surface area contributed by atoms with Crippen LogP contribution in [-0.2, 0) is 6.54 Å². The Balaban J connectivity index is 1.74. The molecule has 1 saturated heterocycles. The van der Waals surface area contributed by atoms with Crippen LogP contribution in [0.25, 0.3) is 0 Å². The van der Waals surface area contributed by atoms with Gasteiger partial charge >= 0.3 is 0 Å². The van der Waals surface area contributed by atoms with Crippen molar-refractivity contribution >= 4 is 23.0 Å². The summed E-state index contributed by atoms with van der Waals surface area (Å²) in [5, 5.41) is 4.28. The van der Waals surface area contributed by atoms with Gasteiger partial charge in [0.15, 0.2) is 5.11 Å². The third-order valence-corrected chi connectivity index (χ3v) is 5.98. The van der Waals surface area contributed by atoms with E-state index in [0.717, 1.165) is 29.4 Å². The maximum Gasteiger partial charge on any atom is 0.174 e. The zero-order chi connectivity index (χ0) is 19.4. The average molecular weight is 387 g/mol. The smallest absolute Gasteiger partial charge is 0.174 e. The maximum atomic E-state index is 5.85. The highest BCUT2D eigenvalue weighted by Gasteiger charge is 2.30. The first kappa shape index (κ1) is 19.9. The van der Waals surface area contributed by atoms with Crippen molar-refractivity contribution in [1.82, 2.24) is 4.90 Å². The van der Waals surface area contributed by atoms with Crippen LogP contribution in [0.3, 0.4) is 0 Å². The standard InChI is InChI=1S/C22H31N3OS/c1-16(2)24-11-9-19(10-12-24)25(15-20-6-5-13-26-20)22(27)23-21-8-7-17(3)14-18(21)4/h5-8,13-14,16,19H,9-12,15H2,1-4H3,(H,23,27)/p+1. The first-order chi connectivity index (χ1) is 12.9. The van der Waals surface area contributed by atoms with Gasteiger partial charge in [0.1, 0.15) is 5.76 Å². The van der Waals surface area contributed by atoms with Crippen molar-refractivity contribution in [2.75, 3.05) is 18.4 Å². The summed E-state index contributed by atoms with van der Waals surface area (Å²) in [6.45, 7) is 12.0. The van der Waals surface area contributed by atoms with Crippen molar-refractivity contribution in [2.24, 2.45) is 0 Å². The van der Waals surface area contributed by atoms with E-state index in [4.69, 9.17) is 16.6 Å². The Morgan fingerprint density at radius 3 is 2.59 bits per heavy atom. The lowest BCUT2D eigenvalue weighted by Crippen LogP contribution is -3.16. The summed E-state index contributed by atoms with van der Waals surface area (Å²) < 4.78 is 5.62. The lowest BCUT2D eigenvalue weighted by atomic mass is 10.0. The summed E-state index contributed by atoms with van der Waals surface area (Å²) in [5.74, 6) is 0.957. The largest absolute Gasteiger partial charge is 0.467 e. The van der Waals surface area contributed by atoms with Gasteiger partial charge in [0.05, 0.1) is 31.9 Å². The number of thiocarbonyl (C=S) groups is 1. The predicted molar refractivity (Wildman–Crippen MR) is 115 cm³/mol. The van der Waals surface area contributed by atoms with Crippen LogP contribution in [-0.4, -0.2) is 35.2 Å². The van der Waals surface area contributed by atoms with E-state index >= 15 is 0 Å². The average Bonchev–Trinajstić information content (AvgIpc) is 3.15. The SMILES string of the molecule is Cc1ccc(NC(=S)N(Cc2ccco2)C2CC[NH+](C(C)C)CC2)c(C)c1. The van der Waals surface area contributed by atoms with E-state index < -0.39 is 0 Å². The molecule has 1 aromatic heterocycles. The highest BCUT2D eigenvalue weighted by atomic mass is 32.1. The molecule has 1 fully saturated rings. The van der Waals surface area contributed by atoms with E-state index in [9.17, 15) is 0 Å². The summed E-state index contributed by atoms with van der Waals surface area (Å²) >= 11 is 5.85. The second kappa shape index (κ2) is 8.89. The van der Waals surface area contributed by atoms with Crippen molar-refractivity contribution in [3.63, 3.8) is 0 Å². The molecule has 0 aliphatic carbocycles. The van der Waals surface area contributed by atoms with Crippen LogP contribution in [0.1, 0.15) is 43.6 Å². The molecule has 0 saturated carbocycles. The molecule has 0 radical (unpaired) electrons. The first-order valence-corrected chi connectivity index (χ1v) is 10.4. The van der Waals surface area contributed by atoms with Gasteiger partial charge in [-0.2, -0.15) is 0 Å². The Morgan fingerprint density at radius 1 is 1.26 bits per heavy atom. The second-order valence-electron chi connectivity index (χ2n) is 8.00. The molecule has 1 aliphatic rings. The van der Waals surface area contributed by atoms with Crippen LogP contribution in [0.2, 0.25) is 0 Å². The molecule has 27 heavy (non-hydrogen) atoms. The molecule has 146 valence electrons. The summed E-state index contributed by atoms with van der Waals surface area (Å²) in [4.78, 5) is 4.02. The number of quaternary nitrogens is 1.